The van der Waals surface area contributed by atoms with Gasteiger partial charge in [-0.3, -0.25) is 9.78 Å². The van der Waals surface area contributed by atoms with E-state index >= 15 is 0 Å². The molecule has 0 saturated carbocycles. The highest BCUT2D eigenvalue weighted by atomic mass is 32.1. The molecule has 2 atom stereocenters. The van der Waals surface area contributed by atoms with Crippen LogP contribution in [0.1, 0.15) is 23.5 Å². The normalized spacial score (nSPS) is 16.9. The molecule has 1 amide bonds. The lowest BCUT2D eigenvalue weighted by atomic mass is 10.0. The van der Waals surface area contributed by atoms with E-state index in [0.717, 1.165) is 28.5 Å². The molecule has 2 aromatic heterocycles. The second-order valence-electron chi connectivity index (χ2n) is 8.43. The molecular formula is C28H26N4O4S. The van der Waals surface area contributed by atoms with E-state index in [2.05, 4.69) is 15.6 Å². The number of carbonyl (C=O) groups excluding carboxylic acids is 1. The summed E-state index contributed by atoms with van der Waals surface area (Å²) in [5.41, 5.74) is 3.08. The maximum absolute atomic E-state index is 12.3. The van der Waals surface area contributed by atoms with Crippen molar-refractivity contribution in [3.05, 3.63) is 96.5 Å². The van der Waals surface area contributed by atoms with Crippen LogP contribution in [0.5, 0.6) is 5.75 Å². The van der Waals surface area contributed by atoms with Crippen molar-refractivity contribution < 1.29 is 18.7 Å². The average Bonchev–Trinajstić information content (AvgIpc) is 3.54. The van der Waals surface area contributed by atoms with Gasteiger partial charge >= 0.3 is 0 Å². The molecule has 2 unspecified atom stereocenters. The van der Waals surface area contributed by atoms with Crippen LogP contribution in [0.2, 0.25) is 0 Å². The van der Waals surface area contributed by atoms with Crippen LogP contribution in [0, 0.1) is 0 Å². The highest BCUT2D eigenvalue weighted by Crippen LogP contribution is 2.44. The number of hydrogen-bond acceptors (Lipinski definition) is 6. The maximum Gasteiger partial charge on any atom is 0.250 e. The van der Waals surface area contributed by atoms with Gasteiger partial charge in [-0.15, -0.1) is 0 Å². The Hall–Kier alpha value is -4.21. The summed E-state index contributed by atoms with van der Waals surface area (Å²) >= 11 is 5.82. The van der Waals surface area contributed by atoms with Crippen molar-refractivity contribution in [3.63, 3.8) is 0 Å². The Kier molecular flexibility index (Phi) is 7.16. The lowest BCUT2D eigenvalue weighted by Crippen LogP contribution is -2.29. The lowest BCUT2D eigenvalue weighted by Gasteiger charge is -2.27. The number of nitrogens with zero attached hydrogens (tertiary/aromatic N) is 2. The molecule has 188 valence electrons. The Morgan fingerprint density at radius 2 is 1.89 bits per heavy atom. The number of furan rings is 1. The number of nitrogens with one attached hydrogen (secondary N) is 2. The summed E-state index contributed by atoms with van der Waals surface area (Å²) in [6, 6.07) is 24.6. The van der Waals surface area contributed by atoms with Gasteiger partial charge in [0.05, 0.1) is 24.5 Å². The van der Waals surface area contributed by atoms with Crippen molar-refractivity contribution in [2.24, 2.45) is 0 Å². The molecule has 8 nitrogen and oxygen atoms in total. The highest BCUT2D eigenvalue weighted by Gasteiger charge is 2.42. The third-order valence-electron chi connectivity index (χ3n) is 6.09. The fourth-order valence-electron chi connectivity index (χ4n) is 4.45. The number of carbonyl (C=O) groups is 1. The highest BCUT2D eigenvalue weighted by molar-refractivity contribution is 7.80. The van der Waals surface area contributed by atoms with Crippen molar-refractivity contribution in [2.75, 3.05) is 31.0 Å². The van der Waals surface area contributed by atoms with Gasteiger partial charge in [-0.05, 0) is 54.7 Å². The van der Waals surface area contributed by atoms with Crippen molar-refractivity contribution in [1.82, 2.24) is 10.3 Å². The number of aromatic nitrogens is 1. The van der Waals surface area contributed by atoms with E-state index in [4.69, 9.17) is 26.1 Å². The van der Waals surface area contributed by atoms with Crippen LogP contribution in [0.4, 0.5) is 11.4 Å². The quantitative estimate of drug-likeness (QED) is 0.314. The van der Waals surface area contributed by atoms with Crippen molar-refractivity contribution in [3.8, 4) is 17.1 Å². The number of anilines is 2. The third-order valence-corrected chi connectivity index (χ3v) is 6.40. The first kappa shape index (κ1) is 24.5. The van der Waals surface area contributed by atoms with Crippen LogP contribution < -0.4 is 20.3 Å². The molecule has 1 aliphatic rings. The van der Waals surface area contributed by atoms with E-state index in [1.54, 1.807) is 19.4 Å². The van der Waals surface area contributed by atoms with Gasteiger partial charge in [0.15, 0.2) is 5.11 Å². The predicted octanol–water partition coefficient (Wildman–Crippen LogP) is 5.11. The predicted molar refractivity (Wildman–Crippen MR) is 146 cm³/mol. The molecule has 1 saturated heterocycles. The second kappa shape index (κ2) is 10.8. The fourth-order valence-corrected chi connectivity index (χ4v) is 4.80. The number of methoxy groups -OCH3 is 2. The van der Waals surface area contributed by atoms with Crippen LogP contribution in [-0.4, -0.2) is 36.8 Å². The molecule has 9 heteroatoms. The maximum atomic E-state index is 12.3. The van der Waals surface area contributed by atoms with Gasteiger partial charge in [-0.1, -0.05) is 36.4 Å². The van der Waals surface area contributed by atoms with E-state index < -0.39 is 0 Å². The molecule has 1 aliphatic heterocycles. The summed E-state index contributed by atoms with van der Waals surface area (Å²) in [7, 11) is 3.02. The van der Waals surface area contributed by atoms with E-state index in [9.17, 15) is 4.79 Å². The largest absolute Gasteiger partial charge is 0.495 e. The molecular weight excluding hydrogens is 488 g/mol. The van der Waals surface area contributed by atoms with Gasteiger partial charge in [0.2, 0.25) is 5.91 Å². The van der Waals surface area contributed by atoms with Crippen molar-refractivity contribution in [1.29, 1.82) is 0 Å². The van der Waals surface area contributed by atoms with Gasteiger partial charge in [0.1, 0.15) is 29.9 Å². The topological polar surface area (TPSA) is 88.9 Å². The number of pyridine rings is 1. The van der Waals surface area contributed by atoms with Gasteiger partial charge in [-0.2, -0.15) is 0 Å². The van der Waals surface area contributed by atoms with Gasteiger partial charge in [0, 0.05) is 24.6 Å². The van der Waals surface area contributed by atoms with Crippen LogP contribution in [0.25, 0.3) is 11.3 Å². The first-order valence-electron chi connectivity index (χ1n) is 11.7. The molecule has 3 heterocycles. The molecule has 1 fully saturated rings. The van der Waals surface area contributed by atoms with Gasteiger partial charge in [0.25, 0.3) is 0 Å². The SMILES string of the molecule is COCC(=O)Nc1cc(N2C(=S)NC(c3ccccn3)C2c2ccc(-c3ccccc3)o2)ccc1OC. The molecule has 37 heavy (non-hydrogen) atoms. The Morgan fingerprint density at radius 1 is 1.08 bits per heavy atom. The number of benzene rings is 2. The average molecular weight is 515 g/mol. The molecule has 0 radical (unpaired) electrons. The zero-order chi connectivity index (χ0) is 25.8. The van der Waals surface area contributed by atoms with Crippen LogP contribution in [0.3, 0.4) is 0 Å². The van der Waals surface area contributed by atoms with Crippen molar-refractivity contribution in [2.45, 2.75) is 12.1 Å². The standard InChI is InChI=1S/C28H26N4O4S/c1-34-17-25(33)30-21-16-19(11-12-23(21)35-2)32-27(26(31-28(32)37)20-10-6-7-15-29-20)24-14-13-22(36-24)18-8-4-3-5-9-18/h3-16,26-27H,17H2,1-2H3,(H,30,33)(H,31,37). The molecule has 2 N–H and O–H groups in total. The Labute approximate surface area is 220 Å². The first-order valence-corrected chi connectivity index (χ1v) is 12.1. The number of rotatable bonds is 8. The molecule has 0 bridgehead atoms. The number of hydrogen-bond donors (Lipinski definition) is 2. The van der Waals surface area contributed by atoms with E-state index in [1.165, 1.54) is 7.11 Å². The summed E-state index contributed by atoms with van der Waals surface area (Å²) < 4.78 is 16.8. The summed E-state index contributed by atoms with van der Waals surface area (Å²) in [6.45, 7) is -0.0733. The molecule has 0 spiro atoms. The minimum atomic E-state index is -0.337. The zero-order valence-electron chi connectivity index (χ0n) is 20.4. The summed E-state index contributed by atoms with van der Waals surface area (Å²) in [6.07, 6.45) is 1.76. The molecule has 4 aromatic rings. The van der Waals surface area contributed by atoms with E-state index in [1.807, 2.05) is 77.7 Å². The second-order valence-corrected chi connectivity index (χ2v) is 8.82. The minimum Gasteiger partial charge on any atom is -0.495 e. The van der Waals surface area contributed by atoms with E-state index in [-0.39, 0.29) is 24.6 Å². The Balaban J connectivity index is 1.57. The number of amides is 1. The smallest absolute Gasteiger partial charge is 0.250 e. The van der Waals surface area contributed by atoms with Gasteiger partial charge < -0.3 is 29.4 Å². The van der Waals surface area contributed by atoms with Crippen LogP contribution in [0.15, 0.2) is 89.5 Å². The van der Waals surface area contributed by atoms with Crippen molar-refractivity contribution >= 4 is 34.6 Å². The lowest BCUT2D eigenvalue weighted by molar-refractivity contribution is -0.119. The van der Waals surface area contributed by atoms with Gasteiger partial charge in [-0.25, -0.2) is 0 Å². The first-order chi connectivity index (χ1) is 18.1. The minimum absolute atomic E-state index is 0.0733. The Morgan fingerprint density at radius 3 is 2.62 bits per heavy atom. The molecule has 0 aliphatic carbocycles. The van der Waals surface area contributed by atoms with E-state index in [0.29, 0.717) is 16.5 Å². The third kappa shape index (κ3) is 5.04. The summed E-state index contributed by atoms with van der Waals surface area (Å²) in [4.78, 5) is 18.8. The van der Waals surface area contributed by atoms with Crippen LogP contribution in [-0.2, 0) is 9.53 Å². The fraction of sp³-hybridized carbons (Fsp3) is 0.179. The van der Waals surface area contributed by atoms with Crippen LogP contribution >= 0.6 is 12.2 Å². The zero-order valence-corrected chi connectivity index (χ0v) is 21.2. The Bertz CT molecular complexity index is 1390. The molecule has 2 aromatic carbocycles. The summed E-state index contributed by atoms with van der Waals surface area (Å²) in [5.74, 6) is 1.72. The number of thiocarbonyl (C=S) groups is 1. The molecule has 5 rings (SSSR count). The summed E-state index contributed by atoms with van der Waals surface area (Å²) in [5, 5.41) is 6.78. The monoisotopic (exact) mass is 514 g/mol. The number of ether oxygens (including phenoxy) is 2.